The number of hydrazine groups is 1. The van der Waals surface area contributed by atoms with E-state index in [1.165, 1.54) is 12.1 Å². The van der Waals surface area contributed by atoms with E-state index in [2.05, 4.69) is 23.1 Å². The van der Waals surface area contributed by atoms with Gasteiger partial charge in [-0.1, -0.05) is 43.0 Å². The number of thiocarbonyl (C=S) groups is 1. The lowest BCUT2D eigenvalue weighted by atomic mass is 10.2. The van der Waals surface area contributed by atoms with E-state index in [0.717, 1.165) is 19.3 Å². The van der Waals surface area contributed by atoms with Crippen LogP contribution in [-0.4, -0.2) is 16.9 Å². The molecule has 0 unspecified atom stereocenters. The molecule has 5 nitrogen and oxygen atoms in total. The van der Waals surface area contributed by atoms with Gasteiger partial charge in [0.15, 0.2) is 5.11 Å². The number of amides is 2. The molecule has 0 bridgehead atoms. The Morgan fingerprint density at radius 1 is 1.18 bits per heavy atom. The van der Waals surface area contributed by atoms with Crippen LogP contribution in [0.5, 0.6) is 0 Å². The van der Waals surface area contributed by atoms with Gasteiger partial charge >= 0.3 is 0 Å². The van der Waals surface area contributed by atoms with Gasteiger partial charge in [0.1, 0.15) is 0 Å². The molecule has 0 aliphatic rings. The highest BCUT2D eigenvalue weighted by atomic mass is 35.5. The maximum atomic E-state index is 12.0. The van der Waals surface area contributed by atoms with Crippen LogP contribution < -0.4 is 16.2 Å². The molecule has 1 rings (SSSR count). The molecule has 1 aromatic rings. The number of benzene rings is 1. The first-order valence-corrected chi connectivity index (χ1v) is 7.95. The zero-order chi connectivity index (χ0) is 16.5. The molecule has 2 amide bonds. The van der Waals surface area contributed by atoms with Crippen LogP contribution in [-0.2, 0) is 4.79 Å². The van der Waals surface area contributed by atoms with Crippen LogP contribution in [0.2, 0.25) is 10.0 Å². The Bertz CT molecular complexity index is 567. The summed E-state index contributed by atoms with van der Waals surface area (Å²) < 4.78 is 0. The van der Waals surface area contributed by atoms with E-state index in [-0.39, 0.29) is 21.6 Å². The molecule has 0 aliphatic carbocycles. The molecule has 0 radical (unpaired) electrons. The lowest BCUT2D eigenvalue weighted by Gasteiger charge is -2.11. The molecule has 0 saturated heterocycles. The van der Waals surface area contributed by atoms with Crippen LogP contribution in [0.25, 0.3) is 0 Å². The molecule has 22 heavy (non-hydrogen) atoms. The molecule has 1 aromatic carbocycles. The van der Waals surface area contributed by atoms with Gasteiger partial charge in [0, 0.05) is 11.4 Å². The van der Waals surface area contributed by atoms with Crippen molar-refractivity contribution in [3.8, 4) is 0 Å². The molecule has 0 fully saturated rings. The summed E-state index contributed by atoms with van der Waals surface area (Å²) in [5, 5.41) is 3.06. The average molecular weight is 362 g/mol. The van der Waals surface area contributed by atoms with Crippen molar-refractivity contribution in [3.63, 3.8) is 0 Å². The van der Waals surface area contributed by atoms with Gasteiger partial charge in [0.25, 0.3) is 5.91 Å². The standard InChI is InChI=1S/C14H17Cl2N3O2S/c1-2-3-4-5-12(20)18-19-14(22)17-13(21)10-7-6-9(15)8-11(10)16/h6-8H,2-5H2,1H3,(H,18,20)(H2,17,19,21,22). The monoisotopic (exact) mass is 361 g/mol. The van der Waals surface area contributed by atoms with Crippen molar-refractivity contribution in [2.75, 3.05) is 0 Å². The number of rotatable bonds is 5. The van der Waals surface area contributed by atoms with Crippen LogP contribution in [0.3, 0.4) is 0 Å². The fraction of sp³-hybridized carbons (Fsp3) is 0.357. The highest BCUT2D eigenvalue weighted by molar-refractivity contribution is 7.80. The maximum Gasteiger partial charge on any atom is 0.258 e. The quantitative estimate of drug-likeness (QED) is 0.427. The number of halogens is 2. The Hall–Kier alpha value is -1.37. The Balaban J connectivity index is 2.41. The zero-order valence-corrected chi connectivity index (χ0v) is 14.4. The highest BCUT2D eigenvalue weighted by Crippen LogP contribution is 2.20. The number of nitrogens with one attached hydrogen (secondary N) is 3. The SMILES string of the molecule is CCCCCC(=O)NNC(=S)NC(=O)c1ccc(Cl)cc1Cl. The molecule has 0 aromatic heterocycles. The minimum absolute atomic E-state index is 0.0140. The number of hydrogen-bond donors (Lipinski definition) is 3. The second-order valence-corrected chi connectivity index (χ2v) is 5.79. The normalized spacial score (nSPS) is 9.95. The molecule has 8 heteroatoms. The Morgan fingerprint density at radius 2 is 1.91 bits per heavy atom. The lowest BCUT2D eigenvalue weighted by molar-refractivity contribution is -0.121. The average Bonchev–Trinajstić information content (AvgIpc) is 2.45. The molecule has 120 valence electrons. The van der Waals surface area contributed by atoms with Gasteiger partial charge in [-0.25, -0.2) is 0 Å². The molecular formula is C14H17Cl2N3O2S. The maximum absolute atomic E-state index is 12.0. The lowest BCUT2D eigenvalue weighted by Crippen LogP contribution is -2.48. The van der Waals surface area contributed by atoms with E-state index in [1.54, 1.807) is 6.07 Å². The second kappa shape index (κ2) is 9.61. The van der Waals surface area contributed by atoms with Gasteiger partial charge < -0.3 is 0 Å². The number of carbonyl (C=O) groups is 2. The van der Waals surface area contributed by atoms with Crippen LogP contribution >= 0.6 is 35.4 Å². The third-order valence-corrected chi connectivity index (χ3v) is 3.48. The summed E-state index contributed by atoms with van der Waals surface area (Å²) in [7, 11) is 0. The van der Waals surface area contributed by atoms with E-state index < -0.39 is 5.91 Å². The second-order valence-electron chi connectivity index (χ2n) is 4.54. The summed E-state index contributed by atoms with van der Waals surface area (Å²) in [6.45, 7) is 2.06. The van der Waals surface area contributed by atoms with Crippen LogP contribution in [0.15, 0.2) is 18.2 Å². The third kappa shape index (κ3) is 6.60. The fourth-order valence-electron chi connectivity index (χ4n) is 1.60. The van der Waals surface area contributed by atoms with E-state index in [4.69, 9.17) is 35.4 Å². The van der Waals surface area contributed by atoms with Gasteiger partial charge in [-0.05, 0) is 36.8 Å². The van der Waals surface area contributed by atoms with E-state index in [0.29, 0.717) is 11.4 Å². The minimum atomic E-state index is -0.487. The van der Waals surface area contributed by atoms with Gasteiger partial charge in [-0.3, -0.25) is 25.8 Å². The summed E-state index contributed by atoms with van der Waals surface area (Å²) >= 11 is 16.6. The van der Waals surface area contributed by atoms with Crippen LogP contribution in [0.4, 0.5) is 0 Å². The Labute approximate surface area is 144 Å². The van der Waals surface area contributed by atoms with Crippen LogP contribution in [0.1, 0.15) is 43.0 Å². The first kappa shape index (κ1) is 18.7. The van der Waals surface area contributed by atoms with Crippen molar-refractivity contribution >= 4 is 52.3 Å². The summed E-state index contributed by atoms with van der Waals surface area (Å²) in [4.78, 5) is 23.5. The number of unbranched alkanes of at least 4 members (excludes halogenated alkanes) is 2. The summed E-state index contributed by atoms with van der Waals surface area (Å²) in [6, 6.07) is 4.50. The molecule has 0 heterocycles. The molecule has 0 atom stereocenters. The third-order valence-electron chi connectivity index (χ3n) is 2.73. The molecule has 0 spiro atoms. The Kier molecular flexibility index (Phi) is 8.16. The van der Waals surface area contributed by atoms with E-state index in [9.17, 15) is 9.59 Å². The van der Waals surface area contributed by atoms with Crippen molar-refractivity contribution in [1.82, 2.24) is 16.2 Å². The summed E-state index contributed by atoms with van der Waals surface area (Å²) in [6.07, 6.45) is 3.24. The molecular weight excluding hydrogens is 345 g/mol. The van der Waals surface area contributed by atoms with Gasteiger partial charge in [0.2, 0.25) is 5.91 Å². The van der Waals surface area contributed by atoms with Gasteiger partial charge in [-0.2, -0.15) is 0 Å². The van der Waals surface area contributed by atoms with Crippen molar-refractivity contribution in [2.24, 2.45) is 0 Å². The van der Waals surface area contributed by atoms with E-state index in [1.807, 2.05) is 0 Å². The first-order chi connectivity index (χ1) is 10.4. The predicted octanol–water partition coefficient (Wildman–Crippen LogP) is 3.21. The summed E-state index contributed by atoms with van der Waals surface area (Å²) in [5.41, 5.74) is 5.13. The number of hydrogen-bond acceptors (Lipinski definition) is 3. The van der Waals surface area contributed by atoms with E-state index >= 15 is 0 Å². The zero-order valence-electron chi connectivity index (χ0n) is 12.0. The largest absolute Gasteiger partial charge is 0.298 e. The smallest absolute Gasteiger partial charge is 0.258 e. The van der Waals surface area contributed by atoms with Crippen molar-refractivity contribution < 1.29 is 9.59 Å². The van der Waals surface area contributed by atoms with Gasteiger partial charge in [0.05, 0.1) is 10.6 Å². The topological polar surface area (TPSA) is 70.2 Å². The molecule has 0 aliphatic heterocycles. The highest BCUT2D eigenvalue weighted by Gasteiger charge is 2.12. The molecule has 0 saturated carbocycles. The van der Waals surface area contributed by atoms with Crippen molar-refractivity contribution in [3.05, 3.63) is 33.8 Å². The minimum Gasteiger partial charge on any atom is -0.298 e. The van der Waals surface area contributed by atoms with Gasteiger partial charge in [-0.15, -0.1) is 0 Å². The first-order valence-electron chi connectivity index (χ1n) is 6.79. The fourth-order valence-corrected chi connectivity index (χ4v) is 2.24. The Morgan fingerprint density at radius 3 is 2.55 bits per heavy atom. The van der Waals surface area contributed by atoms with Crippen LogP contribution in [0, 0.1) is 0 Å². The van der Waals surface area contributed by atoms with Crippen molar-refractivity contribution in [1.29, 1.82) is 0 Å². The summed E-state index contributed by atoms with van der Waals surface area (Å²) in [5.74, 6) is -0.672. The molecule has 3 N–H and O–H groups in total. The van der Waals surface area contributed by atoms with Crippen molar-refractivity contribution in [2.45, 2.75) is 32.6 Å². The number of carbonyl (C=O) groups excluding carboxylic acids is 2. The predicted molar refractivity (Wildman–Crippen MR) is 91.9 cm³/mol.